The van der Waals surface area contributed by atoms with Gasteiger partial charge in [-0.3, -0.25) is 9.63 Å². The first-order chi connectivity index (χ1) is 8.99. The molecule has 0 radical (unpaired) electrons. The molecule has 0 amide bonds. The maximum absolute atomic E-state index is 11.9. The summed E-state index contributed by atoms with van der Waals surface area (Å²) in [4.78, 5) is 18.6. The van der Waals surface area contributed by atoms with E-state index in [1.807, 2.05) is 0 Å². The number of sulfonamides is 1. The minimum Gasteiger partial charge on any atom is -0.295 e. The topological polar surface area (TPSA) is 72.5 Å². The number of benzene rings is 1. The number of carbonyl (C=O) groups is 1. The zero-order chi connectivity index (χ0) is 13.9. The second-order valence-corrected chi connectivity index (χ2v) is 6.34. The summed E-state index contributed by atoms with van der Waals surface area (Å²) in [5.41, 5.74) is 0.482. The molecule has 0 aliphatic heterocycles. The van der Waals surface area contributed by atoms with Crippen LogP contribution in [0.25, 0.3) is 0 Å². The molecule has 0 saturated heterocycles. The van der Waals surface area contributed by atoms with Gasteiger partial charge in [0.2, 0.25) is 0 Å². The fourth-order valence-electron chi connectivity index (χ4n) is 2.05. The zero-order valence-electron chi connectivity index (χ0n) is 10.8. The van der Waals surface area contributed by atoms with Gasteiger partial charge in [0.05, 0.1) is 11.0 Å². The van der Waals surface area contributed by atoms with E-state index in [4.69, 9.17) is 4.84 Å². The SMILES string of the molecule is CC(=O)c1ccc(S(=O)(=O)NOC2CCCC2)cc1. The van der Waals surface area contributed by atoms with Crippen LogP contribution in [-0.2, 0) is 14.9 Å². The highest BCUT2D eigenvalue weighted by molar-refractivity contribution is 7.89. The Kier molecular flexibility index (Phi) is 4.34. The fraction of sp³-hybridized carbons (Fsp3) is 0.462. The minimum atomic E-state index is -3.67. The highest BCUT2D eigenvalue weighted by Crippen LogP contribution is 2.20. The summed E-state index contributed by atoms with van der Waals surface area (Å²) < 4.78 is 23.9. The summed E-state index contributed by atoms with van der Waals surface area (Å²) in [5, 5.41) is 0. The van der Waals surface area contributed by atoms with Gasteiger partial charge < -0.3 is 0 Å². The first-order valence-electron chi connectivity index (χ1n) is 6.27. The first-order valence-corrected chi connectivity index (χ1v) is 7.76. The molecule has 1 aliphatic carbocycles. The van der Waals surface area contributed by atoms with E-state index in [1.165, 1.54) is 31.2 Å². The van der Waals surface area contributed by atoms with Crippen molar-refractivity contribution in [3.8, 4) is 0 Å². The van der Waals surface area contributed by atoms with Crippen LogP contribution in [0, 0.1) is 0 Å². The second kappa shape index (κ2) is 5.81. The molecule has 0 atom stereocenters. The fourth-order valence-corrected chi connectivity index (χ4v) is 2.91. The van der Waals surface area contributed by atoms with E-state index in [1.54, 1.807) is 0 Å². The van der Waals surface area contributed by atoms with Gasteiger partial charge in [-0.2, -0.15) is 0 Å². The summed E-state index contributed by atoms with van der Waals surface area (Å²) in [7, 11) is -3.67. The van der Waals surface area contributed by atoms with E-state index in [0.29, 0.717) is 5.56 Å². The standard InChI is InChI=1S/C13H17NO4S/c1-10(15)11-6-8-13(9-7-11)19(16,17)14-18-12-4-2-3-5-12/h6-9,12,14H,2-5H2,1H3. The third-order valence-electron chi connectivity index (χ3n) is 3.20. The van der Waals surface area contributed by atoms with Gasteiger partial charge in [-0.15, -0.1) is 0 Å². The molecule has 0 aromatic heterocycles. The van der Waals surface area contributed by atoms with E-state index in [2.05, 4.69) is 4.89 Å². The number of ketones is 1. The predicted molar refractivity (Wildman–Crippen MR) is 70.1 cm³/mol. The van der Waals surface area contributed by atoms with Crippen molar-refractivity contribution < 1.29 is 18.0 Å². The summed E-state index contributed by atoms with van der Waals surface area (Å²) >= 11 is 0. The first kappa shape index (κ1) is 14.2. The average molecular weight is 283 g/mol. The Morgan fingerprint density at radius 3 is 2.32 bits per heavy atom. The van der Waals surface area contributed by atoms with Gasteiger partial charge in [-0.25, -0.2) is 8.42 Å². The van der Waals surface area contributed by atoms with Crippen molar-refractivity contribution in [2.45, 2.75) is 43.6 Å². The quantitative estimate of drug-likeness (QED) is 0.663. The zero-order valence-corrected chi connectivity index (χ0v) is 11.6. The van der Waals surface area contributed by atoms with Crippen LogP contribution in [0.1, 0.15) is 43.0 Å². The van der Waals surface area contributed by atoms with Crippen molar-refractivity contribution in [3.63, 3.8) is 0 Å². The molecule has 19 heavy (non-hydrogen) atoms. The Bertz CT molecular complexity index is 545. The summed E-state index contributed by atoms with van der Waals surface area (Å²) in [6, 6.07) is 5.78. The van der Waals surface area contributed by atoms with Crippen molar-refractivity contribution in [2.75, 3.05) is 0 Å². The molecule has 6 heteroatoms. The van der Waals surface area contributed by atoms with E-state index in [0.717, 1.165) is 25.7 Å². The van der Waals surface area contributed by atoms with Crippen molar-refractivity contribution in [3.05, 3.63) is 29.8 Å². The Morgan fingerprint density at radius 1 is 1.21 bits per heavy atom. The molecule has 1 aromatic carbocycles. The molecule has 1 aromatic rings. The van der Waals surface area contributed by atoms with Crippen LogP contribution in [0.3, 0.4) is 0 Å². The molecule has 0 spiro atoms. The Morgan fingerprint density at radius 2 is 1.79 bits per heavy atom. The molecule has 0 heterocycles. The van der Waals surface area contributed by atoms with E-state index >= 15 is 0 Å². The smallest absolute Gasteiger partial charge is 0.262 e. The highest BCUT2D eigenvalue weighted by Gasteiger charge is 2.20. The van der Waals surface area contributed by atoms with Crippen LogP contribution in [0.5, 0.6) is 0 Å². The number of carbonyl (C=O) groups excluding carboxylic acids is 1. The maximum Gasteiger partial charge on any atom is 0.262 e. The van der Waals surface area contributed by atoms with Crippen LogP contribution in [0.15, 0.2) is 29.2 Å². The summed E-state index contributed by atoms with van der Waals surface area (Å²) in [6.45, 7) is 1.44. The molecule has 1 fully saturated rings. The third-order valence-corrected chi connectivity index (χ3v) is 4.41. The molecule has 0 unspecified atom stereocenters. The largest absolute Gasteiger partial charge is 0.295 e. The lowest BCUT2D eigenvalue weighted by Gasteiger charge is -2.12. The lowest BCUT2D eigenvalue weighted by Crippen LogP contribution is -2.28. The average Bonchev–Trinajstić information content (AvgIpc) is 2.90. The van der Waals surface area contributed by atoms with Crippen LogP contribution >= 0.6 is 0 Å². The summed E-state index contributed by atoms with van der Waals surface area (Å²) in [6.07, 6.45) is 3.86. The predicted octanol–water partition coefficient (Wildman–Crippen LogP) is 2.04. The molecule has 1 N–H and O–H groups in total. The van der Waals surface area contributed by atoms with Gasteiger partial charge >= 0.3 is 0 Å². The van der Waals surface area contributed by atoms with Crippen molar-refractivity contribution in [1.82, 2.24) is 4.89 Å². The molecule has 104 valence electrons. The van der Waals surface area contributed by atoms with Crippen molar-refractivity contribution in [2.24, 2.45) is 0 Å². The number of Topliss-reactive ketones (excluding diaryl/α,β-unsaturated/α-hetero) is 1. The van der Waals surface area contributed by atoms with Crippen LogP contribution in [0.2, 0.25) is 0 Å². The molecule has 1 saturated carbocycles. The van der Waals surface area contributed by atoms with E-state index in [9.17, 15) is 13.2 Å². The third kappa shape index (κ3) is 3.62. The van der Waals surface area contributed by atoms with Crippen molar-refractivity contribution in [1.29, 1.82) is 0 Å². The molecule has 2 rings (SSSR count). The number of rotatable bonds is 5. The Hall–Kier alpha value is -1.24. The number of hydrogen-bond donors (Lipinski definition) is 1. The van der Waals surface area contributed by atoms with E-state index < -0.39 is 10.0 Å². The van der Waals surface area contributed by atoms with Gasteiger partial charge in [0.1, 0.15) is 0 Å². The second-order valence-electron chi connectivity index (χ2n) is 4.69. The lowest BCUT2D eigenvalue weighted by atomic mass is 10.2. The number of hydrogen-bond acceptors (Lipinski definition) is 4. The maximum atomic E-state index is 11.9. The number of nitrogens with one attached hydrogen (secondary N) is 1. The molecule has 0 bridgehead atoms. The summed E-state index contributed by atoms with van der Waals surface area (Å²) in [5.74, 6) is -0.0980. The van der Waals surface area contributed by atoms with Gasteiger partial charge in [0, 0.05) is 5.56 Å². The van der Waals surface area contributed by atoms with Gasteiger partial charge in [-0.1, -0.05) is 29.9 Å². The molecule has 5 nitrogen and oxygen atoms in total. The van der Waals surface area contributed by atoms with Crippen LogP contribution < -0.4 is 4.89 Å². The molecular formula is C13H17NO4S. The Balaban J connectivity index is 2.03. The highest BCUT2D eigenvalue weighted by atomic mass is 32.2. The van der Waals surface area contributed by atoms with Crippen LogP contribution in [0.4, 0.5) is 0 Å². The van der Waals surface area contributed by atoms with Gasteiger partial charge in [0.15, 0.2) is 5.78 Å². The van der Waals surface area contributed by atoms with Crippen LogP contribution in [-0.4, -0.2) is 20.3 Å². The Labute approximate surface area is 113 Å². The van der Waals surface area contributed by atoms with Gasteiger partial charge in [0.25, 0.3) is 10.0 Å². The van der Waals surface area contributed by atoms with E-state index in [-0.39, 0.29) is 16.8 Å². The minimum absolute atomic E-state index is 0.0359. The molecule has 1 aliphatic rings. The normalized spacial score (nSPS) is 16.7. The lowest BCUT2D eigenvalue weighted by molar-refractivity contribution is 0.0223. The molecular weight excluding hydrogens is 266 g/mol. The van der Waals surface area contributed by atoms with Crippen molar-refractivity contribution >= 4 is 15.8 Å². The van der Waals surface area contributed by atoms with Gasteiger partial charge in [-0.05, 0) is 31.9 Å². The monoisotopic (exact) mass is 283 g/mol.